The minimum absolute atomic E-state index is 0.00414. The lowest BCUT2D eigenvalue weighted by atomic mass is 10.1. The minimum atomic E-state index is -0.294. The molecular weight excluding hydrogens is 290 g/mol. The third kappa shape index (κ3) is 3.88. The Morgan fingerprint density at radius 1 is 1.40 bits per heavy atom. The number of rotatable bonds is 6. The number of carbonyl (C=O) groups excluding carboxylic acids is 1. The van der Waals surface area contributed by atoms with Gasteiger partial charge in [0.25, 0.3) is 0 Å². The number of hydrogen-bond donors (Lipinski definition) is 2. The summed E-state index contributed by atoms with van der Waals surface area (Å²) in [4.78, 5) is 17.4. The number of nitrogens with zero attached hydrogens (tertiary/aromatic N) is 1. The molecule has 0 aromatic carbocycles. The number of thiazole rings is 1. The van der Waals surface area contributed by atoms with Gasteiger partial charge in [0.05, 0.1) is 18.1 Å². The topological polar surface area (TPSA) is 54.0 Å². The third-order valence-corrected chi connectivity index (χ3v) is 5.16. The highest BCUT2D eigenvalue weighted by Gasteiger charge is 2.23. The van der Waals surface area contributed by atoms with Gasteiger partial charge in [-0.2, -0.15) is 0 Å². The zero-order valence-corrected chi connectivity index (χ0v) is 13.5. The van der Waals surface area contributed by atoms with E-state index in [1.54, 1.807) is 28.9 Å². The van der Waals surface area contributed by atoms with E-state index in [2.05, 4.69) is 15.6 Å². The van der Waals surface area contributed by atoms with Crippen molar-refractivity contribution in [2.24, 2.45) is 0 Å². The number of amides is 1. The highest BCUT2D eigenvalue weighted by atomic mass is 32.1. The quantitative estimate of drug-likeness (QED) is 0.862. The average Bonchev–Trinajstić information content (AvgIpc) is 3.08. The Kier molecular flexibility index (Phi) is 4.91. The number of nitrogens with one attached hydrogen (secondary N) is 2. The van der Waals surface area contributed by atoms with Gasteiger partial charge < -0.3 is 5.32 Å². The lowest BCUT2D eigenvalue weighted by Crippen LogP contribution is -2.43. The Morgan fingerprint density at radius 2 is 2.20 bits per heavy atom. The van der Waals surface area contributed by atoms with Crippen LogP contribution in [0.5, 0.6) is 0 Å². The van der Waals surface area contributed by atoms with Crippen molar-refractivity contribution in [3.8, 4) is 0 Å². The molecule has 0 saturated heterocycles. The van der Waals surface area contributed by atoms with Crippen molar-refractivity contribution in [1.82, 2.24) is 15.6 Å². The van der Waals surface area contributed by atoms with Gasteiger partial charge in [0, 0.05) is 16.5 Å². The lowest BCUT2D eigenvalue weighted by Gasteiger charge is -2.24. The van der Waals surface area contributed by atoms with Gasteiger partial charge in [-0.3, -0.25) is 10.1 Å². The highest BCUT2D eigenvalue weighted by molar-refractivity contribution is 7.10. The molecule has 2 aromatic rings. The maximum Gasteiger partial charge on any atom is 0.234 e. The SMILES string of the molecule is C[C@@H](NC(=O)CNC(C)(C)c1nccs1)c1cccs1. The van der Waals surface area contributed by atoms with E-state index in [1.807, 2.05) is 43.7 Å². The van der Waals surface area contributed by atoms with Gasteiger partial charge in [-0.1, -0.05) is 6.07 Å². The van der Waals surface area contributed by atoms with Crippen LogP contribution < -0.4 is 10.6 Å². The molecule has 1 amide bonds. The van der Waals surface area contributed by atoms with Gasteiger partial charge in [-0.05, 0) is 32.2 Å². The first-order valence-electron chi connectivity index (χ1n) is 6.47. The Bertz CT molecular complexity index is 535. The number of thiophene rings is 1. The summed E-state index contributed by atoms with van der Waals surface area (Å²) in [5, 5.41) is 11.2. The van der Waals surface area contributed by atoms with Crippen molar-refractivity contribution in [2.75, 3.05) is 6.54 Å². The van der Waals surface area contributed by atoms with Crippen molar-refractivity contribution in [3.05, 3.63) is 39.0 Å². The van der Waals surface area contributed by atoms with Crippen molar-refractivity contribution >= 4 is 28.6 Å². The minimum Gasteiger partial charge on any atom is -0.348 e. The van der Waals surface area contributed by atoms with Crippen LogP contribution in [0.2, 0.25) is 0 Å². The zero-order chi connectivity index (χ0) is 14.6. The molecule has 0 spiro atoms. The van der Waals surface area contributed by atoms with Crippen molar-refractivity contribution in [1.29, 1.82) is 0 Å². The molecule has 4 nitrogen and oxygen atoms in total. The number of carbonyl (C=O) groups is 1. The summed E-state index contributed by atoms with van der Waals surface area (Å²) in [5.41, 5.74) is -0.294. The van der Waals surface area contributed by atoms with Crippen LogP contribution in [0.25, 0.3) is 0 Å². The van der Waals surface area contributed by atoms with Crippen LogP contribution >= 0.6 is 22.7 Å². The van der Waals surface area contributed by atoms with Gasteiger partial charge in [0.15, 0.2) is 0 Å². The molecule has 0 bridgehead atoms. The van der Waals surface area contributed by atoms with Gasteiger partial charge in [-0.15, -0.1) is 22.7 Å². The predicted octanol–water partition coefficient (Wildman–Crippen LogP) is 2.91. The summed E-state index contributed by atoms with van der Waals surface area (Å²) in [6.07, 6.45) is 1.78. The van der Waals surface area contributed by atoms with Crippen LogP contribution in [0.1, 0.15) is 36.7 Å². The Morgan fingerprint density at radius 3 is 2.80 bits per heavy atom. The van der Waals surface area contributed by atoms with Gasteiger partial charge >= 0.3 is 0 Å². The molecule has 2 rings (SSSR count). The van der Waals surface area contributed by atoms with E-state index in [4.69, 9.17) is 0 Å². The Labute approximate surface area is 127 Å². The molecule has 2 N–H and O–H groups in total. The van der Waals surface area contributed by atoms with E-state index in [0.29, 0.717) is 0 Å². The van der Waals surface area contributed by atoms with E-state index in [0.717, 1.165) is 9.88 Å². The summed E-state index contributed by atoms with van der Waals surface area (Å²) in [5.74, 6) is -0.00414. The summed E-state index contributed by atoms with van der Waals surface area (Å²) >= 11 is 3.24. The molecule has 2 heterocycles. The normalized spacial score (nSPS) is 13.2. The van der Waals surface area contributed by atoms with E-state index in [1.165, 1.54) is 0 Å². The van der Waals surface area contributed by atoms with Gasteiger partial charge in [0.1, 0.15) is 5.01 Å². The van der Waals surface area contributed by atoms with E-state index >= 15 is 0 Å². The smallest absolute Gasteiger partial charge is 0.234 e. The molecule has 108 valence electrons. The lowest BCUT2D eigenvalue weighted by molar-refractivity contribution is -0.121. The van der Waals surface area contributed by atoms with Crippen LogP contribution in [0.4, 0.5) is 0 Å². The molecule has 0 radical (unpaired) electrons. The predicted molar refractivity (Wildman–Crippen MR) is 84.0 cm³/mol. The summed E-state index contributed by atoms with van der Waals surface area (Å²) in [6.45, 7) is 6.33. The average molecular weight is 309 g/mol. The molecule has 6 heteroatoms. The van der Waals surface area contributed by atoms with E-state index in [9.17, 15) is 4.79 Å². The number of aromatic nitrogens is 1. The molecule has 0 saturated carbocycles. The van der Waals surface area contributed by atoms with Crippen LogP contribution in [0, 0.1) is 0 Å². The maximum atomic E-state index is 12.0. The van der Waals surface area contributed by atoms with Crippen molar-refractivity contribution < 1.29 is 4.79 Å². The fraction of sp³-hybridized carbons (Fsp3) is 0.429. The largest absolute Gasteiger partial charge is 0.348 e. The number of hydrogen-bond acceptors (Lipinski definition) is 5. The second-order valence-electron chi connectivity index (χ2n) is 5.12. The van der Waals surface area contributed by atoms with E-state index in [-0.39, 0.29) is 24.0 Å². The molecule has 0 aliphatic rings. The molecule has 1 atom stereocenters. The summed E-state index contributed by atoms with van der Waals surface area (Å²) in [6, 6.07) is 4.07. The van der Waals surface area contributed by atoms with Gasteiger partial charge in [0.2, 0.25) is 5.91 Å². The first-order valence-corrected chi connectivity index (χ1v) is 8.23. The monoisotopic (exact) mass is 309 g/mol. The zero-order valence-electron chi connectivity index (χ0n) is 11.8. The molecule has 0 fully saturated rings. The van der Waals surface area contributed by atoms with Gasteiger partial charge in [-0.25, -0.2) is 4.98 Å². The molecule has 0 aliphatic heterocycles. The fourth-order valence-electron chi connectivity index (χ4n) is 1.81. The highest BCUT2D eigenvalue weighted by Crippen LogP contribution is 2.21. The van der Waals surface area contributed by atoms with Crippen molar-refractivity contribution in [3.63, 3.8) is 0 Å². The van der Waals surface area contributed by atoms with Crippen LogP contribution in [0.3, 0.4) is 0 Å². The molecular formula is C14H19N3OS2. The van der Waals surface area contributed by atoms with E-state index < -0.39 is 0 Å². The molecule has 0 aliphatic carbocycles. The molecule has 2 aromatic heterocycles. The Hall–Kier alpha value is -1.24. The van der Waals surface area contributed by atoms with Crippen LogP contribution in [0.15, 0.2) is 29.1 Å². The van der Waals surface area contributed by atoms with Crippen LogP contribution in [-0.4, -0.2) is 17.4 Å². The maximum absolute atomic E-state index is 12.0. The summed E-state index contributed by atoms with van der Waals surface area (Å²) < 4.78 is 0. The first-order chi connectivity index (χ1) is 9.49. The molecule has 20 heavy (non-hydrogen) atoms. The van der Waals surface area contributed by atoms with Crippen molar-refractivity contribution in [2.45, 2.75) is 32.4 Å². The van der Waals surface area contributed by atoms with Crippen LogP contribution in [-0.2, 0) is 10.3 Å². The summed E-state index contributed by atoms with van der Waals surface area (Å²) in [7, 11) is 0. The Balaban J connectivity index is 1.83. The first kappa shape index (κ1) is 15.2. The molecule has 0 unspecified atom stereocenters. The standard InChI is InChI=1S/C14H19N3OS2/c1-10(11-5-4-7-19-11)17-12(18)9-16-14(2,3)13-15-6-8-20-13/h4-8,10,16H,9H2,1-3H3,(H,17,18)/t10-/m1/s1. The second-order valence-corrected chi connectivity index (χ2v) is 6.99. The second kappa shape index (κ2) is 6.47. The fourth-order valence-corrected chi connectivity index (χ4v) is 3.28. The third-order valence-electron chi connectivity index (χ3n) is 3.01.